The first-order valence-corrected chi connectivity index (χ1v) is 5.98. The van der Waals surface area contributed by atoms with Gasteiger partial charge in [-0.25, -0.2) is 9.38 Å². The summed E-state index contributed by atoms with van der Waals surface area (Å²) in [6.07, 6.45) is 7.99. The predicted molar refractivity (Wildman–Crippen MR) is 74.2 cm³/mol. The molecule has 0 spiro atoms. The van der Waals surface area contributed by atoms with Crippen LogP contribution in [0.2, 0.25) is 0 Å². The molecule has 0 atom stereocenters. The van der Waals surface area contributed by atoms with E-state index in [4.69, 9.17) is 10.5 Å². The molecule has 0 heterocycles. The molecule has 1 aromatic rings. The zero-order valence-electron chi connectivity index (χ0n) is 10.6. The van der Waals surface area contributed by atoms with Crippen LogP contribution in [-0.4, -0.2) is 6.21 Å². The van der Waals surface area contributed by atoms with Crippen LogP contribution in [0.5, 0.6) is 5.75 Å². The summed E-state index contributed by atoms with van der Waals surface area (Å²) in [6, 6.07) is 5.85. The summed E-state index contributed by atoms with van der Waals surface area (Å²) < 4.78 is 18.6. The smallest absolute Gasteiger partial charge is 0.134 e. The Kier molecular flexibility index (Phi) is 4.13. The lowest BCUT2D eigenvalue weighted by Gasteiger charge is -2.15. The van der Waals surface area contributed by atoms with Crippen molar-refractivity contribution in [3.05, 3.63) is 65.5 Å². The highest BCUT2D eigenvalue weighted by atomic mass is 19.1. The van der Waals surface area contributed by atoms with Gasteiger partial charge in [0, 0.05) is 11.8 Å². The van der Waals surface area contributed by atoms with Crippen LogP contribution >= 0.6 is 0 Å². The van der Waals surface area contributed by atoms with Crippen molar-refractivity contribution >= 4 is 6.21 Å². The maximum Gasteiger partial charge on any atom is 0.134 e. The van der Waals surface area contributed by atoms with Gasteiger partial charge in [0.1, 0.15) is 23.1 Å². The van der Waals surface area contributed by atoms with Crippen LogP contribution in [0.25, 0.3) is 0 Å². The van der Waals surface area contributed by atoms with Gasteiger partial charge < -0.3 is 10.5 Å². The molecule has 0 radical (unpaired) electrons. The van der Waals surface area contributed by atoms with Gasteiger partial charge in [-0.05, 0) is 43.7 Å². The maximum atomic E-state index is 12.8. The van der Waals surface area contributed by atoms with Crippen molar-refractivity contribution in [3.8, 4) is 5.75 Å². The molecule has 2 N–H and O–H groups in total. The summed E-state index contributed by atoms with van der Waals surface area (Å²) in [5, 5.41) is 0. The minimum atomic E-state index is -0.296. The van der Waals surface area contributed by atoms with Crippen molar-refractivity contribution in [1.82, 2.24) is 0 Å². The second kappa shape index (κ2) is 6.00. The molecule has 0 fully saturated rings. The lowest BCUT2D eigenvalue weighted by atomic mass is 10.1. The highest BCUT2D eigenvalue weighted by Crippen LogP contribution is 2.25. The van der Waals surface area contributed by atoms with E-state index in [2.05, 4.69) is 4.99 Å². The minimum absolute atomic E-state index is 0.296. The first-order chi connectivity index (χ1) is 9.20. The van der Waals surface area contributed by atoms with Gasteiger partial charge in [-0.3, -0.25) is 0 Å². The number of benzene rings is 1. The first-order valence-electron chi connectivity index (χ1n) is 5.98. The summed E-state index contributed by atoms with van der Waals surface area (Å²) in [5.41, 5.74) is 6.72. The molecule has 98 valence electrons. The number of nitrogens with zero attached hydrogens (tertiary/aromatic N) is 1. The average molecular weight is 258 g/mol. The lowest BCUT2D eigenvalue weighted by molar-refractivity contribution is 0.430. The molecule has 4 heteroatoms. The van der Waals surface area contributed by atoms with Crippen molar-refractivity contribution in [2.45, 2.75) is 13.3 Å². The Morgan fingerprint density at radius 1 is 1.37 bits per heavy atom. The molecular formula is C15H15FN2O. The summed E-state index contributed by atoms with van der Waals surface area (Å²) in [5.74, 6) is 1.34. The Hall–Kier alpha value is -2.36. The van der Waals surface area contributed by atoms with Crippen LogP contribution < -0.4 is 10.5 Å². The number of hydrogen-bond donors (Lipinski definition) is 1. The Morgan fingerprint density at radius 2 is 2.11 bits per heavy atom. The summed E-state index contributed by atoms with van der Waals surface area (Å²) in [4.78, 5) is 4.07. The monoisotopic (exact) mass is 258 g/mol. The van der Waals surface area contributed by atoms with Crippen molar-refractivity contribution in [1.29, 1.82) is 0 Å². The van der Waals surface area contributed by atoms with Gasteiger partial charge in [-0.2, -0.15) is 0 Å². The van der Waals surface area contributed by atoms with E-state index in [0.717, 1.165) is 5.57 Å². The van der Waals surface area contributed by atoms with Crippen LogP contribution in [0, 0.1) is 5.82 Å². The Labute approximate surface area is 111 Å². The number of halogens is 1. The molecule has 2 rings (SSSR count). The van der Waals surface area contributed by atoms with Crippen molar-refractivity contribution in [2.24, 2.45) is 10.7 Å². The first kappa shape index (κ1) is 13.1. The Morgan fingerprint density at radius 3 is 2.79 bits per heavy atom. The molecular weight excluding hydrogens is 243 g/mol. The molecule has 19 heavy (non-hydrogen) atoms. The van der Waals surface area contributed by atoms with Gasteiger partial charge in [0.25, 0.3) is 0 Å². The molecule has 1 aliphatic rings. The van der Waals surface area contributed by atoms with Crippen molar-refractivity contribution in [3.63, 3.8) is 0 Å². The van der Waals surface area contributed by atoms with Gasteiger partial charge >= 0.3 is 0 Å². The maximum absolute atomic E-state index is 12.8. The topological polar surface area (TPSA) is 47.6 Å². The third kappa shape index (κ3) is 3.31. The second-order valence-corrected chi connectivity index (χ2v) is 3.97. The standard InChI is InChI=1S/C15H15FN2O/c1-2-18-15(17)13-5-3-4-6-14(13)19-12-9-7-11(16)8-10-12/h2-4,6-10H,5,17H2,1H3/b15-13+,18-2-. The van der Waals surface area contributed by atoms with E-state index in [9.17, 15) is 4.39 Å². The predicted octanol–water partition coefficient (Wildman–Crippen LogP) is 3.31. The summed E-state index contributed by atoms with van der Waals surface area (Å²) in [7, 11) is 0. The van der Waals surface area contributed by atoms with Crippen LogP contribution in [0.1, 0.15) is 13.3 Å². The molecule has 0 unspecified atom stereocenters. The molecule has 0 aromatic heterocycles. The van der Waals surface area contributed by atoms with Crippen LogP contribution in [0.15, 0.2) is 64.6 Å². The third-order valence-electron chi connectivity index (χ3n) is 2.62. The zero-order valence-corrected chi connectivity index (χ0v) is 10.6. The van der Waals surface area contributed by atoms with Gasteiger partial charge in [-0.15, -0.1) is 0 Å². The average Bonchev–Trinajstić information content (AvgIpc) is 2.42. The quantitative estimate of drug-likeness (QED) is 0.845. The fourth-order valence-electron chi connectivity index (χ4n) is 1.72. The molecule has 1 aromatic carbocycles. The minimum Gasteiger partial charge on any atom is -0.457 e. The van der Waals surface area contributed by atoms with Gasteiger partial charge in [0.05, 0.1) is 0 Å². The fourth-order valence-corrected chi connectivity index (χ4v) is 1.72. The Bertz CT molecular complexity index is 568. The van der Waals surface area contributed by atoms with Gasteiger partial charge in [-0.1, -0.05) is 12.2 Å². The normalized spacial score (nSPS) is 17.5. The van der Waals surface area contributed by atoms with E-state index >= 15 is 0 Å². The number of hydrogen-bond acceptors (Lipinski definition) is 3. The van der Waals surface area contributed by atoms with Crippen LogP contribution in [0.3, 0.4) is 0 Å². The summed E-state index contributed by atoms with van der Waals surface area (Å²) >= 11 is 0. The molecule has 0 saturated carbocycles. The largest absolute Gasteiger partial charge is 0.457 e. The van der Waals surface area contributed by atoms with E-state index < -0.39 is 0 Å². The SMILES string of the molecule is C/C=N\C(N)=C1/CC=CC=C1Oc1ccc(F)cc1. The second-order valence-electron chi connectivity index (χ2n) is 3.97. The van der Waals surface area contributed by atoms with E-state index in [1.54, 1.807) is 25.3 Å². The molecule has 0 aliphatic heterocycles. The Balaban J connectivity index is 2.26. The highest BCUT2D eigenvalue weighted by molar-refractivity contribution is 5.56. The number of allylic oxidation sites excluding steroid dienone is 4. The molecule has 0 saturated heterocycles. The van der Waals surface area contributed by atoms with Gasteiger partial charge in [0.15, 0.2) is 0 Å². The van der Waals surface area contributed by atoms with E-state index in [1.807, 2.05) is 18.2 Å². The fraction of sp³-hybridized carbons (Fsp3) is 0.133. The highest BCUT2D eigenvalue weighted by Gasteiger charge is 2.13. The van der Waals surface area contributed by atoms with Gasteiger partial charge in [0.2, 0.25) is 0 Å². The van der Waals surface area contributed by atoms with E-state index in [-0.39, 0.29) is 5.82 Å². The zero-order chi connectivity index (χ0) is 13.7. The summed E-state index contributed by atoms with van der Waals surface area (Å²) in [6.45, 7) is 1.80. The number of nitrogens with two attached hydrogens (primary N) is 1. The molecule has 3 nitrogen and oxygen atoms in total. The number of ether oxygens (including phenoxy) is 1. The van der Waals surface area contributed by atoms with Crippen LogP contribution in [-0.2, 0) is 0 Å². The van der Waals surface area contributed by atoms with Crippen molar-refractivity contribution in [2.75, 3.05) is 0 Å². The molecule has 0 amide bonds. The van der Waals surface area contributed by atoms with Crippen LogP contribution in [0.4, 0.5) is 4.39 Å². The third-order valence-corrected chi connectivity index (χ3v) is 2.62. The number of aliphatic imine (C=N–C) groups is 1. The van der Waals surface area contributed by atoms with E-state index in [0.29, 0.717) is 23.8 Å². The van der Waals surface area contributed by atoms with E-state index in [1.165, 1.54) is 12.1 Å². The lowest BCUT2D eigenvalue weighted by Crippen LogP contribution is -2.08. The molecule has 0 bridgehead atoms. The molecule has 1 aliphatic carbocycles. The van der Waals surface area contributed by atoms with Crippen molar-refractivity contribution < 1.29 is 9.13 Å². The number of rotatable bonds is 3.